The first-order chi connectivity index (χ1) is 4.91. The first kappa shape index (κ1) is 9.22. The van der Waals surface area contributed by atoms with E-state index in [0.29, 0.717) is 0 Å². The van der Waals surface area contributed by atoms with Crippen molar-refractivity contribution in [2.24, 2.45) is 0 Å². The van der Waals surface area contributed by atoms with Crippen molar-refractivity contribution in [2.75, 3.05) is 0 Å². The van der Waals surface area contributed by atoms with Crippen molar-refractivity contribution in [3.8, 4) is 0 Å². The second-order valence-electron chi connectivity index (χ2n) is 2.19. The highest BCUT2D eigenvalue weighted by molar-refractivity contribution is 5.08. The smallest absolute Gasteiger partial charge is 0.0348 e. The normalized spacial score (nSPS) is 11.3. The largest absolute Gasteiger partial charge is 0.0991 e. The van der Waals surface area contributed by atoms with E-state index in [1.54, 1.807) is 6.08 Å². The van der Waals surface area contributed by atoms with E-state index < -0.39 is 0 Å². The van der Waals surface area contributed by atoms with E-state index in [-0.39, 0.29) is 0 Å². The van der Waals surface area contributed by atoms with E-state index in [0.717, 1.165) is 0 Å². The summed E-state index contributed by atoms with van der Waals surface area (Å²) in [5.74, 6) is 0. The third-order valence-corrected chi connectivity index (χ3v) is 1.22. The first-order valence-electron chi connectivity index (χ1n) is 3.86. The molecule has 56 valence electrons. The summed E-state index contributed by atoms with van der Waals surface area (Å²) in [5.41, 5.74) is 0. The van der Waals surface area contributed by atoms with Crippen LogP contribution >= 0.6 is 0 Å². The summed E-state index contributed by atoms with van der Waals surface area (Å²) in [6.07, 6.45) is 13.7. The number of rotatable bonds is 5. The molecule has 0 nitrogen and oxygen atoms in total. The van der Waals surface area contributed by atoms with Gasteiger partial charge < -0.3 is 0 Å². The Morgan fingerprint density at radius 2 is 2.00 bits per heavy atom. The maximum Gasteiger partial charge on any atom is -0.0348 e. The average molecular weight is 136 g/mol. The number of hydrogen-bond donors (Lipinski definition) is 0. The molecule has 10 heavy (non-hydrogen) atoms. The van der Waals surface area contributed by atoms with Gasteiger partial charge in [0.15, 0.2) is 0 Å². The van der Waals surface area contributed by atoms with Gasteiger partial charge in [0.1, 0.15) is 0 Å². The number of allylic oxidation sites excluding steroid dienone is 5. The molecule has 0 aliphatic heterocycles. The van der Waals surface area contributed by atoms with Gasteiger partial charge in [0.05, 0.1) is 0 Å². The van der Waals surface area contributed by atoms with Crippen LogP contribution in [0.1, 0.15) is 26.2 Å². The van der Waals surface area contributed by atoms with Crippen LogP contribution in [0.5, 0.6) is 0 Å². The third-order valence-electron chi connectivity index (χ3n) is 1.22. The van der Waals surface area contributed by atoms with Crippen LogP contribution in [-0.2, 0) is 0 Å². The molecule has 0 aromatic carbocycles. The van der Waals surface area contributed by atoms with Crippen molar-refractivity contribution in [2.45, 2.75) is 26.2 Å². The fourth-order valence-electron chi connectivity index (χ4n) is 0.639. The third kappa shape index (κ3) is 7.22. The molecule has 0 heteroatoms. The zero-order chi connectivity index (χ0) is 7.66. The Balaban J connectivity index is 3.19. The lowest BCUT2D eigenvalue weighted by Crippen LogP contribution is -1.64. The molecule has 0 rings (SSSR count). The number of unbranched alkanes of at least 4 members (excludes halogenated alkanes) is 2. The standard InChI is InChI=1S/C10H16/c1-3-5-7-9-10-8-6-4-2/h3,5,7,9-10H,1,4,6,8H2,2H3/b7-5+,10-9-. The van der Waals surface area contributed by atoms with E-state index in [2.05, 4.69) is 25.7 Å². The fourth-order valence-corrected chi connectivity index (χ4v) is 0.639. The van der Waals surface area contributed by atoms with Crippen molar-refractivity contribution in [3.63, 3.8) is 0 Å². The summed E-state index contributed by atoms with van der Waals surface area (Å²) in [4.78, 5) is 0. The molecule has 0 aromatic heterocycles. The van der Waals surface area contributed by atoms with Gasteiger partial charge >= 0.3 is 0 Å². The van der Waals surface area contributed by atoms with Gasteiger partial charge in [-0.15, -0.1) is 0 Å². The molecule has 0 atom stereocenters. The monoisotopic (exact) mass is 136 g/mol. The minimum atomic E-state index is 1.19. The van der Waals surface area contributed by atoms with Crippen LogP contribution in [-0.4, -0.2) is 0 Å². The Morgan fingerprint density at radius 1 is 1.20 bits per heavy atom. The van der Waals surface area contributed by atoms with Crippen molar-refractivity contribution < 1.29 is 0 Å². The topological polar surface area (TPSA) is 0 Å². The second-order valence-corrected chi connectivity index (χ2v) is 2.19. The van der Waals surface area contributed by atoms with Gasteiger partial charge in [0.2, 0.25) is 0 Å². The SMILES string of the molecule is C=C/C=C/C=C\CCCC. The second kappa shape index (κ2) is 8.22. The molecule has 0 radical (unpaired) electrons. The lowest BCUT2D eigenvalue weighted by molar-refractivity contribution is 0.815. The summed E-state index contributed by atoms with van der Waals surface area (Å²) < 4.78 is 0. The maximum absolute atomic E-state index is 3.57. The lowest BCUT2D eigenvalue weighted by atomic mass is 10.2. The molecule has 0 heterocycles. The van der Waals surface area contributed by atoms with Gasteiger partial charge in [-0.1, -0.05) is 56.7 Å². The van der Waals surface area contributed by atoms with Gasteiger partial charge in [0.25, 0.3) is 0 Å². The molecular formula is C10H16. The van der Waals surface area contributed by atoms with E-state index in [1.165, 1.54) is 19.3 Å². The van der Waals surface area contributed by atoms with Gasteiger partial charge in [-0.2, -0.15) is 0 Å². The fraction of sp³-hybridized carbons (Fsp3) is 0.400. The highest BCUT2D eigenvalue weighted by Crippen LogP contribution is 1.94. The zero-order valence-electron chi connectivity index (χ0n) is 6.72. The first-order valence-corrected chi connectivity index (χ1v) is 3.86. The maximum atomic E-state index is 3.57. The predicted octanol–water partition coefficient (Wildman–Crippen LogP) is 3.48. The minimum Gasteiger partial charge on any atom is -0.0991 e. The summed E-state index contributed by atoms with van der Waals surface area (Å²) in [6, 6.07) is 0. The summed E-state index contributed by atoms with van der Waals surface area (Å²) in [6.45, 7) is 5.78. The lowest BCUT2D eigenvalue weighted by Gasteiger charge is -1.84. The summed E-state index contributed by atoms with van der Waals surface area (Å²) in [7, 11) is 0. The molecule has 0 fully saturated rings. The highest BCUT2D eigenvalue weighted by atomic mass is 13.8. The Bertz CT molecular complexity index is 118. The van der Waals surface area contributed by atoms with Crippen LogP contribution in [0.25, 0.3) is 0 Å². The van der Waals surface area contributed by atoms with Crippen LogP contribution in [0.3, 0.4) is 0 Å². The number of hydrogen-bond acceptors (Lipinski definition) is 0. The molecule has 0 aromatic rings. The summed E-state index contributed by atoms with van der Waals surface area (Å²) >= 11 is 0. The molecule has 0 spiro atoms. The molecule has 0 aliphatic rings. The van der Waals surface area contributed by atoms with Crippen molar-refractivity contribution in [1.29, 1.82) is 0 Å². The molecule has 0 unspecified atom stereocenters. The molecule has 0 aliphatic carbocycles. The average Bonchev–Trinajstić information content (AvgIpc) is 1.97. The minimum absolute atomic E-state index is 1.19. The predicted molar refractivity (Wildman–Crippen MR) is 48.0 cm³/mol. The molecule has 0 N–H and O–H groups in total. The molecule has 0 amide bonds. The van der Waals surface area contributed by atoms with E-state index in [1.807, 2.05) is 12.2 Å². The quantitative estimate of drug-likeness (QED) is 0.401. The van der Waals surface area contributed by atoms with Crippen LogP contribution in [0.15, 0.2) is 37.0 Å². The Kier molecular flexibility index (Phi) is 7.58. The summed E-state index contributed by atoms with van der Waals surface area (Å²) in [5, 5.41) is 0. The van der Waals surface area contributed by atoms with Gasteiger partial charge in [-0.3, -0.25) is 0 Å². The van der Waals surface area contributed by atoms with Crippen molar-refractivity contribution in [3.05, 3.63) is 37.0 Å². The van der Waals surface area contributed by atoms with E-state index in [4.69, 9.17) is 0 Å². The van der Waals surface area contributed by atoms with Crippen LogP contribution in [0, 0.1) is 0 Å². The Labute approximate surface area is 64.0 Å². The van der Waals surface area contributed by atoms with Crippen LogP contribution in [0.2, 0.25) is 0 Å². The molecule has 0 bridgehead atoms. The molecule has 0 saturated heterocycles. The van der Waals surface area contributed by atoms with E-state index in [9.17, 15) is 0 Å². The molecule has 0 saturated carbocycles. The molecular weight excluding hydrogens is 120 g/mol. The van der Waals surface area contributed by atoms with Gasteiger partial charge in [-0.25, -0.2) is 0 Å². The highest BCUT2D eigenvalue weighted by Gasteiger charge is 1.74. The van der Waals surface area contributed by atoms with Gasteiger partial charge in [0, 0.05) is 0 Å². The van der Waals surface area contributed by atoms with Gasteiger partial charge in [-0.05, 0) is 6.42 Å². The van der Waals surface area contributed by atoms with Crippen molar-refractivity contribution in [1.82, 2.24) is 0 Å². The van der Waals surface area contributed by atoms with E-state index >= 15 is 0 Å². The Morgan fingerprint density at radius 3 is 2.60 bits per heavy atom. The Hall–Kier alpha value is -0.780. The van der Waals surface area contributed by atoms with Crippen LogP contribution in [0.4, 0.5) is 0 Å². The van der Waals surface area contributed by atoms with Crippen LogP contribution < -0.4 is 0 Å². The van der Waals surface area contributed by atoms with Crippen molar-refractivity contribution >= 4 is 0 Å². The zero-order valence-corrected chi connectivity index (χ0v) is 6.72.